The van der Waals surface area contributed by atoms with Crippen LogP contribution < -0.4 is 11.1 Å². The van der Waals surface area contributed by atoms with Crippen LogP contribution in [0.4, 0.5) is 11.8 Å². The molecule has 0 amide bonds. The molecular formula is C14H18N8. The second-order valence-corrected chi connectivity index (χ2v) is 5.19. The molecule has 3 heterocycles. The molecule has 0 unspecified atom stereocenters. The number of likely N-dealkylation sites (N-methyl/N-ethyl adjacent to an activating group) is 1. The van der Waals surface area contributed by atoms with Gasteiger partial charge < -0.3 is 20.9 Å². The molecule has 3 aromatic rings. The number of nitrogens with two attached hydrogens (primary N) is 1. The first-order valence-electron chi connectivity index (χ1n) is 6.95. The van der Waals surface area contributed by atoms with Crippen molar-refractivity contribution in [2.24, 2.45) is 0 Å². The summed E-state index contributed by atoms with van der Waals surface area (Å²) in [6.45, 7) is 1.64. The summed E-state index contributed by atoms with van der Waals surface area (Å²) in [5.41, 5.74) is 8.88. The monoisotopic (exact) mass is 298 g/mol. The first-order valence-corrected chi connectivity index (χ1v) is 6.95. The number of hydrogen-bond acceptors (Lipinski definition) is 7. The molecule has 3 aromatic heterocycles. The van der Waals surface area contributed by atoms with E-state index in [-0.39, 0.29) is 0 Å². The van der Waals surface area contributed by atoms with Crippen LogP contribution in [-0.2, 0) is 0 Å². The van der Waals surface area contributed by atoms with Gasteiger partial charge in [-0.15, -0.1) is 0 Å². The summed E-state index contributed by atoms with van der Waals surface area (Å²) in [4.78, 5) is 22.4. The first-order chi connectivity index (χ1) is 10.6. The molecule has 0 fully saturated rings. The van der Waals surface area contributed by atoms with Crippen LogP contribution >= 0.6 is 0 Å². The quantitative estimate of drug-likeness (QED) is 0.644. The SMILES string of the molecule is CN(C)CCNc1ncc(-c2cnc3[nH]ccc3n2)c(N)n1. The normalized spacial score (nSPS) is 11.2. The van der Waals surface area contributed by atoms with Crippen molar-refractivity contribution in [1.82, 2.24) is 29.8 Å². The summed E-state index contributed by atoms with van der Waals surface area (Å²) in [6, 6.07) is 1.86. The molecular weight excluding hydrogens is 280 g/mol. The van der Waals surface area contributed by atoms with E-state index in [1.165, 1.54) is 0 Å². The van der Waals surface area contributed by atoms with E-state index in [0.717, 1.165) is 24.3 Å². The molecule has 114 valence electrons. The third-order valence-corrected chi connectivity index (χ3v) is 3.20. The summed E-state index contributed by atoms with van der Waals surface area (Å²) in [6.07, 6.45) is 5.13. The topological polar surface area (TPSA) is 109 Å². The summed E-state index contributed by atoms with van der Waals surface area (Å²) < 4.78 is 0. The Bertz CT molecular complexity index is 779. The van der Waals surface area contributed by atoms with Crippen molar-refractivity contribution < 1.29 is 0 Å². The van der Waals surface area contributed by atoms with Gasteiger partial charge in [0.15, 0.2) is 5.65 Å². The lowest BCUT2D eigenvalue weighted by atomic mass is 10.2. The van der Waals surface area contributed by atoms with E-state index in [2.05, 4.69) is 35.1 Å². The highest BCUT2D eigenvalue weighted by atomic mass is 15.1. The third kappa shape index (κ3) is 2.96. The van der Waals surface area contributed by atoms with Crippen molar-refractivity contribution in [2.75, 3.05) is 38.2 Å². The van der Waals surface area contributed by atoms with Crippen molar-refractivity contribution in [3.8, 4) is 11.3 Å². The Morgan fingerprint density at radius 3 is 2.86 bits per heavy atom. The van der Waals surface area contributed by atoms with Crippen LogP contribution in [0.1, 0.15) is 0 Å². The smallest absolute Gasteiger partial charge is 0.224 e. The van der Waals surface area contributed by atoms with Gasteiger partial charge in [-0.05, 0) is 20.2 Å². The molecule has 4 N–H and O–H groups in total. The van der Waals surface area contributed by atoms with Crippen molar-refractivity contribution in [3.05, 3.63) is 24.7 Å². The maximum atomic E-state index is 6.03. The zero-order chi connectivity index (χ0) is 15.5. The second-order valence-electron chi connectivity index (χ2n) is 5.19. The molecule has 0 atom stereocenters. The van der Waals surface area contributed by atoms with Crippen molar-refractivity contribution in [3.63, 3.8) is 0 Å². The minimum Gasteiger partial charge on any atom is -0.383 e. The molecule has 0 aliphatic carbocycles. The largest absolute Gasteiger partial charge is 0.383 e. The van der Waals surface area contributed by atoms with Gasteiger partial charge in [-0.1, -0.05) is 0 Å². The number of fused-ring (bicyclic) bond motifs is 1. The summed E-state index contributed by atoms with van der Waals surface area (Å²) in [5.74, 6) is 0.894. The van der Waals surface area contributed by atoms with E-state index >= 15 is 0 Å². The third-order valence-electron chi connectivity index (χ3n) is 3.20. The Morgan fingerprint density at radius 2 is 2.09 bits per heavy atom. The molecule has 0 radical (unpaired) electrons. The summed E-state index contributed by atoms with van der Waals surface area (Å²) >= 11 is 0. The molecule has 8 nitrogen and oxygen atoms in total. The fourth-order valence-electron chi connectivity index (χ4n) is 2.03. The van der Waals surface area contributed by atoms with Crippen molar-refractivity contribution in [1.29, 1.82) is 0 Å². The van der Waals surface area contributed by atoms with E-state index in [9.17, 15) is 0 Å². The zero-order valence-electron chi connectivity index (χ0n) is 12.5. The van der Waals surface area contributed by atoms with Crippen molar-refractivity contribution in [2.45, 2.75) is 0 Å². The molecule has 22 heavy (non-hydrogen) atoms. The molecule has 0 aliphatic rings. The number of aromatic nitrogens is 5. The lowest BCUT2D eigenvalue weighted by Gasteiger charge is -2.11. The van der Waals surface area contributed by atoms with Gasteiger partial charge in [0.1, 0.15) is 11.3 Å². The van der Waals surface area contributed by atoms with Crippen LogP contribution in [0.15, 0.2) is 24.7 Å². The minimum absolute atomic E-state index is 0.381. The maximum Gasteiger partial charge on any atom is 0.224 e. The van der Waals surface area contributed by atoms with Crippen molar-refractivity contribution >= 4 is 22.9 Å². The number of anilines is 2. The first kappa shape index (κ1) is 14.2. The summed E-state index contributed by atoms with van der Waals surface area (Å²) in [5, 5.41) is 3.14. The number of aromatic amines is 1. The Kier molecular flexibility index (Phi) is 3.84. The Hall–Kier alpha value is -2.74. The standard InChI is InChI=1S/C14H18N8/c1-22(2)6-5-17-14-19-7-9(12(15)21-14)11-8-18-13-10(20-11)3-4-16-13/h3-4,7-8H,5-6H2,1-2H3,(H,16,18)(H3,15,17,19,21). The molecule has 0 spiro atoms. The van der Waals surface area contributed by atoms with Gasteiger partial charge in [-0.2, -0.15) is 4.98 Å². The number of nitrogen functional groups attached to an aromatic ring is 1. The molecule has 0 saturated carbocycles. The van der Waals surface area contributed by atoms with Gasteiger partial charge in [0.05, 0.1) is 17.5 Å². The molecule has 3 rings (SSSR count). The highest BCUT2D eigenvalue weighted by Crippen LogP contribution is 2.23. The predicted octanol–water partition coefficient (Wildman–Crippen LogP) is 0.971. The Balaban J connectivity index is 1.82. The van der Waals surface area contributed by atoms with Gasteiger partial charge in [-0.25, -0.2) is 15.0 Å². The highest BCUT2D eigenvalue weighted by Gasteiger charge is 2.10. The summed E-state index contributed by atoms with van der Waals surface area (Å²) in [7, 11) is 4.02. The molecule has 0 saturated heterocycles. The highest BCUT2D eigenvalue weighted by molar-refractivity contribution is 5.77. The number of H-pyrrole nitrogens is 1. The maximum absolute atomic E-state index is 6.03. The van der Waals surface area contributed by atoms with Gasteiger partial charge >= 0.3 is 0 Å². The zero-order valence-corrected chi connectivity index (χ0v) is 12.5. The van der Waals surface area contributed by atoms with Gasteiger partial charge in [0.25, 0.3) is 0 Å². The van der Waals surface area contributed by atoms with Crippen LogP contribution in [0, 0.1) is 0 Å². The van der Waals surface area contributed by atoms with Gasteiger partial charge in [0.2, 0.25) is 5.95 Å². The van der Waals surface area contributed by atoms with E-state index < -0.39 is 0 Å². The molecule has 8 heteroatoms. The van der Waals surface area contributed by atoms with Crippen LogP contribution in [-0.4, -0.2) is 57.0 Å². The lowest BCUT2D eigenvalue weighted by Crippen LogP contribution is -2.21. The van der Waals surface area contributed by atoms with E-state index in [1.54, 1.807) is 18.6 Å². The number of rotatable bonds is 5. The average molecular weight is 298 g/mol. The van der Waals surface area contributed by atoms with Crippen LogP contribution in [0.25, 0.3) is 22.4 Å². The second kappa shape index (κ2) is 5.94. The average Bonchev–Trinajstić information content (AvgIpc) is 2.94. The number of nitrogens with one attached hydrogen (secondary N) is 2. The molecule has 0 aliphatic heterocycles. The van der Waals surface area contributed by atoms with Crippen LogP contribution in [0.2, 0.25) is 0 Å². The molecule has 0 aromatic carbocycles. The van der Waals surface area contributed by atoms with E-state index in [4.69, 9.17) is 5.73 Å². The number of nitrogens with zero attached hydrogens (tertiary/aromatic N) is 5. The molecule has 0 bridgehead atoms. The van der Waals surface area contributed by atoms with Crippen LogP contribution in [0.5, 0.6) is 0 Å². The lowest BCUT2D eigenvalue weighted by molar-refractivity contribution is 0.425. The predicted molar refractivity (Wildman–Crippen MR) is 86.4 cm³/mol. The van der Waals surface area contributed by atoms with Crippen LogP contribution in [0.3, 0.4) is 0 Å². The van der Waals surface area contributed by atoms with Gasteiger partial charge in [-0.3, -0.25) is 0 Å². The van der Waals surface area contributed by atoms with Gasteiger partial charge in [0, 0.05) is 25.5 Å². The fourth-order valence-corrected chi connectivity index (χ4v) is 2.03. The van der Waals surface area contributed by atoms with E-state index in [1.807, 2.05) is 20.2 Å². The fraction of sp³-hybridized carbons (Fsp3) is 0.286. The number of hydrogen-bond donors (Lipinski definition) is 3. The Morgan fingerprint density at radius 1 is 1.23 bits per heavy atom. The van der Waals surface area contributed by atoms with E-state index in [0.29, 0.717) is 23.0 Å². The minimum atomic E-state index is 0.381. The Labute approximate surface area is 127 Å².